The van der Waals surface area contributed by atoms with Gasteiger partial charge in [0.1, 0.15) is 16.4 Å². The fraction of sp³-hybridized carbons (Fsp3) is 0.276. The molecule has 4 bridgehead atoms. The molecular weight excluding hydrogens is 516 g/mol. The molecule has 4 rings (SSSR count). The van der Waals surface area contributed by atoms with Gasteiger partial charge in [0, 0.05) is 18.3 Å². The van der Waals surface area contributed by atoms with Crippen LogP contribution in [0.15, 0.2) is 71.6 Å². The molecule has 0 spiro atoms. The van der Waals surface area contributed by atoms with E-state index < -0.39 is 21.7 Å². The molecule has 10 heteroatoms. The minimum Gasteiger partial charge on any atom is -0.507 e. The summed E-state index contributed by atoms with van der Waals surface area (Å²) in [7, 11) is -2.30. The lowest BCUT2D eigenvalue weighted by molar-refractivity contribution is 0.0997. The number of nitrogens with one attached hydrogen (secondary N) is 3. The summed E-state index contributed by atoms with van der Waals surface area (Å²) < 4.78 is 36.0. The Morgan fingerprint density at radius 2 is 1.87 bits per heavy atom. The molecule has 0 saturated carbocycles. The Morgan fingerprint density at radius 1 is 1.10 bits per heavy atom. The van der Waals surface area contributed by atoms with Gasteiger partial charge >= 0.3 is 0 Å². The molecule has 1 heterocycles. The first kappa shape index (κ1) is 28.0. The highest BCUT2D eigenvalue weighted by Crippen LogP contribution is 2.33. The normalized spacial score (nSPS) is 16.2. The van der Waals surface area contributed by atoms with Gasteiger partial charge in [-0.25, -0.2) is 8.42 Å². The number of ether oxygens (including phenoxy) is 1. The fourth-order valence-corrected chi connectivity index (χ4v) is 5.61. The van der Waals surface area contributed by atoms with Crippen molar-refractivity contribution in [2.24, 2.45) is 5.73 Å². The highest BCUT2D eigenvalue weighted by molar-refractivity contribution is 7.92. The number of hydrogen-bond donors (Lipinski definition) is 5. The van der Waals surface area contributed by atoms with Crippen LogP contribution in [0.25, 0.3) is 0 Å². The number of amides is 1. The van der Waals surface area contributed by atoms with Crippen LogP contribution in [0.1, 0.15) is 40.4 Å². The second kappa shape index (κ2) is 12.2. The summed E-state index contributed by atoms with van der Waals surface area (Å²) >= 11 is 0. The van der Waals surface area contributed by atoms with Crippen molar-refractivity contribution in [1.82, 2.24) is 5.32 Å². The third kappa shape index (κ3) is 7.10. The largest absolute Gasteiger partial charge is 0.507 e. The number of anilines is 2. The Labute approximate surface area is 229 Å². The molecule has 0 aromatic heterocycles. The molecular formula is C29H34N4O5S. The van der Waals surface area contributed by atoms with Crippen molar-refractivity contribution in [3.05, 3.63) is 89.0 Å². The van der Waals surface area contributed by atoms with E-state index in [4.69, 9.17) is 10.5 Å². The van der Waals surface area contributed by atoms with Gasteiger partial charge in [0.25, 0.3) is 15.9 Å². The van der Waals surface area contributed by atoms with Crippen molar-refractivity contribution in [2.45, 2.75) is 43.7 Å². The second-order valence-corrected chi connectivity index (χ2v) is 11.2. The maximum Gasteiger partial charge on any atom is 0.263 e. The molecule has 1 unspecified atom stereocenters. The Kier molecular flexibility index (Phi) is 8.78. The SMILES string of the molecule is CNCCC(C)Oc1ccc2cc1C/C=C/Cc1cccc(c1)CNc1cc(O)c(C(N)=O)cc1S(=O)(=O)N2. The Bertz CT molecular complexity index is 1490. The van der Waals surface area contributed by atoms with E-state index in [0.717, 1.165) is 42.1 Å². The first-order chi connectivity index (χ1) is 18.7. The van der Waals surface area contributed by atoms with Gasteiger partial charge in [-0.15, -0.1) is 0 Å². The number of carbonyl (C=O) groups excluding carboxylic acids is 1. The highest BCUT2D eigenvalue weighted by Gasteiger charge is 2.24. The Balaban J connectivity index is 1.79. The standard InChI is InChI=1S/C29H34N4O5S/c1-19(12-13-31-2)38-27-11-10-23-15-22(27)9-4-3-6-20-7-5-8-21(14-20)18-32-25-17-26(34)24(29(30)35)16-28(25)39(36,37)33-23/h3-5,7-8,10-11,14-17,19,31-34H,6,9,12-13,18H2,1-2H3,(H2,30,35)/b4-3+. The molecule has 1 amide bonds. The van der Waals surface area contributed by atoms with Gasteiger partial charge in [-0.3, -0.25) is 9.52 Å². The molecule has 1 aliphatic rings. The third-order valence-corrected chi connectivity index (χ3v) is 7.85. The van der Waals surface area contributed by atoms with Gasteiger partial charge < -0.3 is 26.2 Å². The molecule has 6 N–H and O–H groups in total. The van der Waals surface area contributed by atoms with Crippen molar-refractivity contribution in [2.75, 3.05) is 23.6 Å². The van der Waals surface area contributed by atoms with Gasteiger partial charge in [0.05, 0.1) is 17.4 Å². The zero-order valence-corrected chi connectivity index (χ0v) is 22.8. The van der Waals surface area contributed by atoms with Crippen molar-refractivity contribution in [1.29, 1.82) is 0 Å². The molecule has 9 nitrogen and oxygen atoms in total. The second-order valence-electron chi connectivity index (χ2n) is 9.53. The number of phenols is 1. The lowest BCUT2D eigenvalue weighted by atomic mass is 10.1. The summed E-state index contributed by atoms with van der Waals surface area (Å²) in [5.74, 6) is -0.668. The summed E-state index contributed by atoms with van der Waals surface area (Å²) in [6.07, 6.45) is 6.18. The predicted molar refractivity (Wildman–Crippen MR) is 153 cm³/mol. The van der Waals surface area contributed by atoms with Crippen LogP contribution in [-0.4, -0.2) is 39.1 Å². The van der Waals surface area contributed by atoms with Crippen LogP contribution in [0.3, 0.4) is 0 Å². The molecule has 3 aromatic rings. The van der Waals surface area contributed by atoms with Crippen LogP contribution >= 0.6 is 0 Å². The zero-order chi connectivity index (χ0) is 28.0. The van der Waals surface area contributed by atoms with Crippen LogP contribution < -0.4 is 25.8 Å². The molecule has 0 fully saturated rings. The zero-order valence-electron chi connectivity index (χ0n) is 22.0. The minimum atomic E-state index is -4.19. The number of nitrogens with two attached hydrogens (primary N) is 1. The Hall–Kier alpha value is -4.02. The van der Waals surface area contributed by atoms with E-state index in [2.05, 4.69) is 21.4 Å². The Morgan fingerprint density at radius 3 is 2.64 bits per heavy atom. The number of sulfonamides is 1. The van der Waals surface area contributed by atoms with Crippen molar-refractivity contribution >= 4 is 27.3 Å². The number of fused-ring (bicyclic) bond motifs is 5. The molecule has 1 atom stereocenters. The maximum absolute atomic E-state index is 13.6. The van der Waals surface area contributed by atoms with E-state index >= 15 is 0 Å². The smallest absolute Gasteiger partial charge is 0.263 e. The number of hydrogen-bond acceptors (Lipinski definition) is 7. The summed E-state index contributed by atoms with van der Waals surface area (Å²) in [6.45, 7) is 3.11. The maximum atomic E-state index is 13.6. The monoisotopic (exact) mass is 550 g/mol. The molecule has 1 aliphatic heterocycles. The number of carbonyl (C=O) groups is 1. The van der Waals surface area contributed by atoms with E-state index in [1.54, 1.807) is 18.2 Å². The third-order valence-electron chi connectivity index (χ3n) is 6.43. The molecule has 39 heavy (non-hydrogen) atoms. The summed E-state index contributed by atoms with van der Waals surface area (Å²) in [6, 6.07) is 15.4. The van der Waals surface area contributed by atoms with Gasteiger partial charge in [-0.05, 0) is 80.7 Å². The van der Waals surface area contributed by atoms with E-state index in [1.165, 1.54) is 6.07 Å². The van der Waals surface area contributed by atoms with Crippen LogP contribution in [0.5, 0.6) is 11.5 Å². The van der Waals surface area contributed by atoms with E-state index in [9.17, 15) is 18.3 Å². The minimum absolute atomic E-state index is 0.0406. The molecule has 0 aliphatic carbocycles. The van der Waals surface area contributed by atoms with Gasteiger partial charge in [-0.1, -0.05) is 36.4 Å². The van der Waals surface area contributed by atoms with Crippen LogP contribution in [0.2, 0.25) is 0 Å². The number of rotatable bonds is 6. The topological polar surface area (TPSA) is 143 Å². The van der Waals surface area contributed by atoms with Gasteiger partial charge in [-0.2, -0.15) is 0 Å². The molecule has 3 aromatic carbocycles. The predicted octanol–water partition coefficient (Wildman–Crippen LogP) is 3.94. The number of allylic oxidation sites excluding steroid dienone is 2. The van der Waals surface area contributed by atoms with Crippen molar-refractivity contribution in [3.63, 3.8) is 0 Å². The van der Waals surface area contributed by atoms with E-state index in [0.29, 0.717) is 24.4 Å². The first-order valence-corrected chi connectivity index (χ1v) is 14.2. The van der Waals surface area contributed by atoms with Crippen LogP contribution in [0.4, 0.5) is 11.4 Å². The van der Waals surface area contributed by atoms with Crippen molar-refractivity contribution < 1.29 is 23.1 Å². The molecule has 0 radical (unpaired) electrons. The summed E-state index contributed by atoms with van der Waals surface area (Å²) in [5, 5.41) is 16.6. The highest BCUT2D eigenvalue weighted by atomic mass is 32.2. The molecule has 206 valence electrons. The van der Waals surface area contributed by atoms with E-state index in [-0.39, 0.29) is 22.3 Å². The van der Waals surface area contributed by atoms with Crippen LogP contribution in [-0.2, 0) is 29.4 Å². The number of primary amides is 1. The van der Waals surface area contributed by atoms with E-state index in [1.807, 2.05) is 44.3 Å². The summed E-state index contributed by atoms with van der Waals surface area (Å²) in [4.78, 5) is 11.7. The van der Waals surface area contributed by atoms with Gasteiger partial charge in [0.15, 0.2) is 0 Å². The lowest BCUT2D eigenvalue weighted by Gasteiger charge is -2.19. The fourth-order valence-electron chi connectivity index (χ4n) is 4.37. The average molecular weight is 551 g/mol. The first-order valence-electron chi connectivity index (χ1n) is 12.8. The lowest BCUT2D eigenvalue weighted by Crippen LogP contribution is -2.20. The molecule has 0 saturated heterocycles. The number of benzene rings is 3. The average Bonchev–Trinajstić information content (AvgIpc) is 2.89. The van der Waals surface area contributed by atoms with Crippen LogP contribution in [0, 0.1) is 0 Å². The van der Waals surface area contributed by atoms with Gasteiger partial charge in [0.2, 0.25) is 0 Å². The number of aromatic hydroxyl groups is 1. The quantitative estimate of drug-likeness (QED) is 0.293. The summed E-state index contributed by atoms with van der Waals surface area (Å²) in [5.41, 5.74) is 8.44. The van der Waals surface area contributed by atoms with Crippen molar-refractivity contribution in [3.8, 4) is 11.5 Å².